The maximum absolute atomic E-state index is 6.29. The summed E-state index contributed by atoms with van der Waals surface area (Å²) in [5.74, 6) is 0. The number of halogens is 1. The van der Waals surface area contributed by atoms with E-state index in [0.717, 1.165) is 6.54 Å². The minimum Gasteiger partial charge on any atom is -0.330 e. The minimum atomic E-state index is -1.29. The third kappa shape index (κ3) is 16.5. The lowest BCUT2D eigenvalue weighted by Crippen LogP contribution is -2.14. The van der Waals surface area contributed by atoms with Crippen molar-refractivity contribution in [3.8, 4) is 0 Å². The first-order valence-corrected chi connectivity index (χ1v) is 11.7. The molecule has 0 rings (SSSR count). The molecule has 104 valence electrons. The molecule has 0 aromatic rings. The van der Waals surface area contributed by atoms with Crippen LogP contribution in [-0.4, -0.2) is 13.9 Å². The van der Waals surface area contributed by atoms with Gasteiger partial charge >= 0.3 is 0 Å². The standard InChI is InChI=1S/C14H32ClNSi/c1-17(2,15)14-12-10-8-6-4-3-5-7-9-11-13-16/h3-14,16H2,1-2H3. The highest BCUT2D eigenvalue weighted by Crippen LogP contribution is 2.19. The fourth-order valence-electron chi connectivity index (χ4n) is 2.10. The Balaban J connectivity index is 2.99. The SMILES string of the molecule is C[Si](C)(Cl)CCCCCCCCCCCCN. The highest BCUT2D eigenvalue weighted by Gasteiger charge is 2.15. The Bertz CT molecular complexity index is 157. The summed E-state index contributed by atoms with van der Waals surface area (Å²) in [7, 11) is -1.29. The zero-order chi connectivity index (χ0) is 13.0. The monoisotopic (exact) mass is 277 g/mol. The van der Waals surface area contributed by atoms with E-state index in [2.05, 4.69) is 13.1 Å². The zero-order valence-electron chi connectivity index (χ0n) is 11.9. The van der Waals surface area contributed by atoms with Gasteiger partial charge in [0.15, 0.2) is 0 Å². The van der Waals surface area contributed by atoms with Gasteiger partial charge in [0, 0.05) is 0 Å². The highest BCUT2D eigenvalue weighted by atomic mass is 35.6. The molecule has 0 fully saturated rings. The van der Waals surface area contributed by atoms with Gasteiger partial charge in [-0.25, -0.2) is 0 Å². The maximum Gasteiger partial charge on any atom is 0.150 e. The second-order valence-electron chi connectivity index (χ2n) is 5.79. The van der Waals surface area contributed by atoms with E-state index in [1.54, 1.807) is 0 Å². The molecule has 0 amide bonds. The van der Waals surface area contributed by atoms with E-state index in [0.29, 0.717) is 0 Å². The predicted molar refractivity (Wildman–Crippen MR) is 83.4 cm³/mol. The molecule has 3 heteroatoms. The molecular formula is C14H32ClNSi. The van der Waals surface area contributed by atoms with Crippen molar-refractivity contribution in [1.82, 2.24) is 0 Å². The van der Waals surface area contributed by atoms with Gasteiger partial charge in [-0.3, -0.25) is 0 Å². The zero-order valence-corrected chi connectivity index (χ0v) is 13.7. The van der Waals surface area contributed by atoms with Crippen LogP contribution in [0.15, 0.2) is 0 Å². The van der Waals surface area contributed by atoms with Crippen LogP contribution in [0, 0.1) is 0 Å². The third-order valence-electron chi connectivity index (χ3n) is 3.23. The number of hydrogen-bond acceptors (Lipinski definition) is 1. The van der Waals surface area contributed by atoms with Crippen molar-refractivity contribution in [2.24, 2.45) is 5.73 Å². The Labute approximate surface area is 114 Å². The number of rotatable bonds is 12. The largest absolute Gasteiger partial charge is 0.330 e. The molecule has 0 bridgehead atoms. The molecule has 0 aromatic heterocycles. The van der Waals surface area contributed by atoms with Gasteiger partial charge in [0.2, 0.25) is 0 Å². The first-order chi connectivity index (χ1) is 8.06. The fraction of sp³-hybridized carbons (Fsp3) is 1.00. The molecule has 0 spiro atoms. The Morgan fingerprint density at radius 3 is 1.41 bits per heavy atom. The molecule has 1 nitrogen and oxygen atoms in total. The first kappa shape index (κ1) is 17.5. The van der Waals surface area contributed by atoms with Crippen molar-refractivity contribution < 1.29 is 0 Å². The van der Waals surface area contributed by atoms with E-state index in [1.807, 2.05) is 0 Å². The molecule has 0 unspecified atom stereocenters. The van der Waals surface area contributed by atoms with Gasteiger partial charge in [0.1, 0.15) is 7.38 Å². The Hall–Kier alpha value is 0.467. The average Bonchev–Trinajstić information content (AvgIpc) is 2.24. The second kappa shape index (κ2) is 11.6. The van der Waals surface area contributed by atoms with E-state index in [4.69, 9.17) is 16.8 Å². The highest BCUT2D eigenvalue weighted by molar-refractivity contribution is 7.19. The van der Waals surface area contributed by atoms with Crippen LogP contribution >= 0.6 is 11.1 Å². The fourth-order valence-corrected chi connectivity index (χ4v) is 3.60. The topological polar surface area (TPSA) is 26.0 Å². The van der Waals surface area contributed by atoms with Crippen LogP contribution in [0.2, 0.25) is 19.1 Å². The van der Waals surface area contributed by atoms with E-state index in [-0.39, 0.29) is 0 Å². The number of hydrogen-bond donors (Lipinski definition) is 1. The van der Waals surface area contributed by atoms with Gasteiger partial charge in [0.05, 0.1) is 0 Å². The Kier molecular flexibility index (Phi) is 11.9. The van der Waals surface area contributed by atoms with E-state index in [9.17, 15) is 0 Å². The smallest absolute Gasteiger partial charge is 0.150 e. The summed E-state index contributed by atoms with van der Waals surface area (Å²) in [5.41, 5.74) is 5.46. The molecule has 0 aliphatic carbocycles. The second-order valence-corrected chi connectivity index (χ2v) is 12.8. The van der Waals surface area contributed by atoms with Gasteiger partial charge in [0.25, 0.3) is 0 Å². The number of nitrogens with two attached hydrogens (primary N) is 1. The van der Waals surface area contributed by atoms with Gasteiger partial charge in [-0.2, -0.15) is 11.1 Å². The molecule has 0 aliphatic rings. The minimum absolute atomic E-state index is 0.861. The average molecular weight is 278 g/mol. The van der Waals surface area contributed by atoms with Crippen LogP contribution in [0.5, 0.6) is 0 Å². The van der Waals surface area contributed by atoms with Crippen LogP contribution in [-0.2, 0) is 0 Å². The Morgan fingerprint density at radius 2 is 1.06 bits per heavy atom. The Morgan fingerprint density at radius 1 is 0.706 bits per heavy atom. The molecule has 2 N–H and O–H groups in total. The van der Waals surface area contributed by atoms with E-state index in [1.165, 1.54) is 70.3 Å². The van der Waals surface area contributed by atoms with Crippen LogP contribution in [0.4, 0.5) is 0 Å². The first-order valence-electron chi connectivity index (χ1n) is 7.45. The van der Waals surface area contributed by atoms with Gasteiger partial charge in [-0.15, -0.1) is 0 Å². The normalized spacial score (nSPS) is 12.0. The van der Waals surface area contributed by atoms with Gasteiger partial charge in [-0.1, -0.05) is 70.9 Å². The van der Waals surface area contributed by atoms with Crippen molar-refractivity contribution in [3.63, 3.8) is 0 Å². The van der Waals surface area contributed by atoms with Crippen LogP contribution < -0.4 is 5.73 Å². The summed E-state index contributed by atoms with van der Waals surface area (Å²) >= 11 is 6.29. The molecule has 0 saturated heterocycles. The summed E-state index contributed by atoms with van der Waals surface area (Å²) in [6, 6.07) is 1.29. The molecule has 0 aromatic carbocycles. The third-order valence-corrected chi connectivity index (χ3v) is 5.33. The summed E-state index contributed by atoms with van der Waals surface area (Å²) in [4.78, 5) is 0. The molecule has 0 aliphatic heterocycles. The summed E-state index contributed by atoms with van der Waals surface area (Å²) < 4.78 is 0. The summed E-state index contributed by atoms with van der Waals surface area (Å²) in [6.45, 7) is 5.35. The summed E-state index contributed by atoms with van der Waals surface area (Å²) in [5, 5.41) is 0. The molecule has 0 heterocycles. The van der Waals surface area contributed by atoms with Crippen LogP contribution in [0.25, 0.3) is 0 Å². The van der Waals surface area contributed by atoms with Crippen molar-refractivity contribution in [1.29, 1.82) is 0 Å². The van der Waals surface area contributed by atoms with Gasteiger partial charge < -0.3 is 5.73 Å². The quantitative estimate of drug-likeness (QED) is 0.293. The van der Waals surface area contributed by atoms with Crippen LogP contribution in [0.1, 0.15) is 64.2 Å². The van der Waals surface area contributed by atoms with E-state index >= 15 is 0 Å². The number of unbranched alkanes of at least 4 members (excludes halogenated alkanes) is 9. The molecule has 17 heavy (non-hydrogen) atoms. The van der Waals surface area contributed by atoms with Crippen LogP contribution in [0.3, 0.4) is 0 Å². The van der Waals surface area contributed by atoms with E-state index < -0.39 is 7.38 Å². The van der Waals surface area contributed by atoms with Crippen molar-refractivity contribution >= 4 is 18.5 Å². The lowest BCUT2D eigenvalue weighted by atomic mass is 10.1. The van der Waals surface area contributed by atoms with Crippen molar-refractivity contribution in [2.75, 3.05) is 6.54 Å². The maximum atomic E-state index is 6.29. The predicted octanol–water partition coefficient (Wildman–Crippen LogP) is 5.29. The lowest BCUT2D eigenvalue weighted by Gasteiger charge is -2.11. The molecular weight excluding hydrogens is 246 g/mol. The van der Waals surface area contributed by atoms with Crippen molar-refractivity contribution in [2.45, 2.75) is 83.3 Å². The van der Waals surface area contributed by atoms with Crippen molar-refractivity contribution in [3.05, 3.63) is 0 Å². The summed E-state index contributed by atoms with van der Waals surface area (Å²) in [6.07, 6.45) is 13.7. The van der Waals surface area contributed by atoms with Gasteiger partial charge in [-0.05, 0) is 19.0 Å². The lowest BCUT2D eigenvalue weighted by molar-refractivity contribution is 0.557. The molecule has 0 saturated carbocycles. The molecule has 0 radical (unpaired) electrons. The molecule has 0 atom stereocenters.